The van der Waals surface area contributed by atoms with Gasteiger partial charge < -0.3 is 16.2 Å². The maximum atomic E-state index is 12.4. The highest BCUT2D eigenvalue weighted by Gasteiger charge is 2.10. The van der Waals surface area contributed by atoms with E-state index in [-0.39, 0.29) is 5.91 Å². The third kappa shape index (κ3) is 3.48. The van der Waals surface area contributed by atoms with Gasteiger partial charge in [0.15, 0.2) is 0 Å². The van der Waals surface area contributed by atoms with E-state index in [0.717, 1.165) is 16.0 Å². The van der Waals surface area contributed by atoms with Gasteiger partial charge in [0, 0.05) is 10.4 Å². The van der Waals surface area contributed by atoms with E-state index < -0.39 is 6.10 Å². The summed E-state index contributed by atoms with van der Waals surface area (Å²) in [7, 11) is 0. The second-order valence-electron chi connectivity index (χ2n) is 5.53. The Balaban J connectivity index is 1.82. The Morgan fingerprint density at radius 3 is 2.54 bits per heavy atom. The van der Waals surface area contributed by atoms with Gasteiger partial charge in [-0.25, -0.2) is 0 Å². The Bertz CT molecular complexity index is 840. The number of amides is 1. The highest BCUT2D eigenvalue weighted by Crippen LogP contribution is 2.30. The summed E-state index contributed by atoms with van der Waals surface area (Å²) in [5, 5.41) is 14.4. The van der Waals surface area contributed by atoms with Crippen molar-refractivity contribution in [2.45, 2.75) is 13.0 Å². The summed E-state index contributed by atoms with van der Waals surface area (Å²) in [6.07, 6.45) is -0.555. The summed E-state index contributed by atoms with van der Waals surface area (Å²) in [6.45, 7) is 1.69. The second-order valence-corrected chi connectivity index (χ2v) is 6.48. The highest BCUT2D eigenvalue weighted by atomic mass is 32.1. The topological polar surface area (TPSA) is 75.3 Å². The number of hydrogen-bond donors (Lipinski definition) is 3. The van der Waals surface area contributed by atoms with Crippen molar-refractivity contribution in [2.24, 2.45) is 0 Å². The van der Waals surface area contributed by atoms with Crippen molar-refractivity contribution in [1.82, 2.24) is 0 Å². The quantitative estimate of drug-likeness (QED) is 0.621. The molecule has 0 aliphatic rings. The van der Waals surface area contributed by atoms with E-state index in [1.165, 1.54) is 0 Å². The number of aliphatic hydroxyl groups is 1. The molecule has 0 aliphatic carbocycles. The van der Waals surface area contributed by atoms with Gasteiger partial charge in [-0.15, -0.1) is 11.3 Å². The normalized spacial score (nSPS) is 11.9. The summed E-state index contributed by atoms with van der Waals surface area (Å²) < 4.78 is 0. The van der Waals surface area contributed by atoms with Crippen LogP contribution in [0.5, 0.6) is 0 Å². The summed E-state index contributed by atoms with van der Waals surface area (Å²) in [4.78, 5) is 13.5. The summed E-state index contributed by atoms with van der Waals surface area (Å²) in [5.74, 6) is -0.234. The number of nitrogens with one attached hydrogen (secondary N) is 1. The minimum atomic E-state index is -0.555. The lowest BCUT2D eigenvalue weighted by atomic mass is 10.1. The maximum Gasteiger partial charge on any atom is 0.255 e. The van der Waals surface area contributed by atoms with E-state index in [1.54, 1.807) is 48.6 Å². The molecule has 0 radical (unpaired) electrons. The van der Waals surface area contributed by atoms with E-state index in [2.05, 4.69) is 5.32 Å². The van der Waals surface area contributed by atoms with E-state index in [9.17, 15) is 9.90 Å². The molecule has 0 aliphatic heterocycles. The largest absolute Gasteiger partial charge is 0.397 e. The molecule has 0 spiro atoms. The lowest BCUT2D eigenvalue weighted by Gasteiger charge is -2.11. The van der Waals surface area contributed by atoms with Gasteiger partial charge in [-0.1, -0.05) is 24.3 Å². The molecule has 3 aromatic rings. The van der Waals surface area contributed by atoms with Crippen molar-refractivity contribution in [2.75, 3.05) is 11.1 Å². The number of nitrogens with two attached hydrogens (primary N) is 1. The van der Waals surface area contributed by atoms with Crippen molar-refractivity contribution < 1.29 is 9.90 Å². The first kappa shape index (κ1) is 16.2. The van der Waals surface area contributed by atoms with Crippen LogP contribution in [0, 0.1) is 0 Å². The average Bonchev–Trinajstić information content (AvgIpc) is 3.11. The van der Waals surface area contributed by atoms with Crippen LogP contribution < -0.4 is 11.1 Å². The SMILES string of the molecule is CC(O)c1ccc(C(=O)Nc2cc(-c3cccs3)ccc2N)cc1. The predicted octanol–water partition coefficient (Wildman–Crippen LogP) is 4.30. The molecule has 1 atom stereocenters. The second kappa shape index (κ2) is 6.86. The molecule has 0 bridgehead atoms. The molecular formula is C19H18N2O2S. The van der Waals surface area contributed by atoms with Crippen LogP contribution in [-0.4, -0.2) is 11.0 Å². The Kier molecular flexibility index (Phi) is 4.64. The Labute approximate surface area is 144 Å². The molecule has 1 unspecified atom stereocenters. The maximum absolute atomic E-state index is 12.4. The molecule has 4 nitrogen and oxygen atoms in total. The minimum absolute atomic E-state index is 0.234. The van der Waals surface area contributed by atoms with Crippen LogP contribution >= 0.6 is 11.3 Å². The molecule has 5 heteroatoms. The molecule has 4 N–H and O–H groups in total. The lowest BCUT2D eigenvalue weighted by Crippen LogP contribution is -2.13. The van der Waals surface area contributed by atoms with Gasteiger partial charge in [-0.2, -0.15) is 0 Å². The molecule has 3 rings (SSSR count). The molecule has 2 aromatic carbocycles. The van der Waals surface area contributed by atoms with Gasteiger partial charge in [0.1, 0.15) is 0 Å². The third-order valence-corrected chi connectivity index (χ3v) is 4.68. The molecule has 1 heterocycles. The van der Waals surface area contributed by atoms with Crippen LogP contribution in [0.15, 0.2) is 60.0 Å². The molecule has 0 saturated heterocycles. The predicted molar refractivity (Wildman–Crippen MR) is 99.2 cm³/mol. The average molecular weight is 338 g/mol. The smallest absolute Gasteiger partial charge is 0.255 e. The molecular weight excluding hydrogens is 320 g/mol. The van der Waals surface area contributed by atoms with Gasteiger partial charge >= 0.3 is 0 Å². The first-order chi connectivity index (χ1) is 11.5. The van der Waals surface area contributed by atoms with Crippen LogP contribution in [0.2, 0.25) is 0 Å². The third-order valence-electron chi connectivity index (χ3n) is 3.76. The minimum Gasteiger partial charge on any atom is -0.397 e. The van der Waals surface area contributed by atoms with Crippen molar-refractivity contribution in [3.05, 3.63) is 71.1 Å². The zero-order valence-electron chi connectivity index (χ0n) is 13.2. The van der Waals surface area contributed by atoms with Gasteiger partial charge in [-0.3, -0.25) is 4.79 Å². The van der Waals surface area contributed by atoms with Gasteiger partial charge in [-0.05, 0) is 53.8 Å². The van der Waals surface area contributed by atoms with Gasteiger partial charge in [0.2, 0.25) is 0 Å². The van der Waals surface area contributed by atoms with Crippen molar-refractivity contribution in [1.29, 1.82) is 0 Å². The van der Waals surface area contributed by atoms with E-state index in [1.807, 2.05) is 29.6 Å². The van der Waals surface area contributed by atoms with E-state index >= 15 is 0 Å². The number of hydrogen-bond acceptors (Lipinski definition) is 4. The van der Waals surface area contributed by atoms with Crippen LogP contribution in [0.1, 0.15) is 28.9 Å². The molecule has 1 aromatic heterocycles. The first-order valence-corrected chi connectivity index (χ1v) is 8.45. The molecule has 1 amide bonds. The number of thiophene rings is 1. The fraction of sp³-hybridized carbons (Fsp3) is 0.105. The number of aliphatic hydroxyl groups excluding tert-OH is 1. The molecule has 0 saturated carbocycles. The molecule has 24 heavy (non-hydrogen) atoms. The monoisotopic (exact) mass is 338 g/mol. The van der Waals surface area contributed by atoms with E-state index in [0.29, 0.717) is 16.9 Å². The zero-order chi connectivity index (χ0) is 17.1. The first-order valence-electron chi connectivity index (χ1n) is 7.57. The number of rotatable bonds is 4. The van der Waals surface area contributed by atoms with Crippen LogP contribution in [-0.2, 0) is 0 Å². The van der Waals surface area contributed by atoms with Gasteiger partial charge in [0.25, 0.3) is 5.91 Å². The number of benzene rings is 2. The Hall–Kier alpha value is -2.63. The Morgan fingerprint density at radius 1 is 1.17 bits per heavy atom. The molecule has 0 fully saturated rings. The number of carbonyl (C=O) groups excluding carboxylic acids is 1. The summed E-state index contributed by atoms with van der Waals surface area (Å²) >= 11 is 1.63. The summed E-state index contributed by atoms with van der Waals surface area (Å²) in [6, 6.07) is 16.5. The zero-order valence-corrected chi connectivity index (χ0v) is 14.0. The number of carbonyl (C=O) groups is 1. The van der Waals surface area contributed by atoms with Crippen LogP contribution in [0.4, 0.5) is 11.4 Å². The van der Waals surface area contributed by atoms with Crippen LogP contribution in [0.25, 0.3) is 10.4 Å². The lowest BCUT2D eigenvalue weighted by molar-refractivity contribution is 0.102. The Morgan fingerprint density at radius 2 is 1.92 bits per heavy atom. The van der Waals surface area contributed by atoms with Gasteiger partial charge in [0.05, 0.1) is 17.5 Å². The van der Waals surface area contributed by atoms with Crippen molar-refractivity contribution in [3.63, 3.8) is 0 Å². The fourth-order valence-corrected chi connectivity index (χ4v) is 3.09. The fourth-order valence-electron chi connectivity index (χ4n) is 2.37. The van der Waals surface area contributed by atoms with Crippen LogP contribution in [0.3, 0.4) is 0 Å². The molecule has 122 valence electrons. The number of anilines is 2. The number of nitrogen functional groups attached to an aromatic ring is 1. The summed E-state index contributed by atoms with van der Waals surface area (Å²) in [5.41, 5.74) is 9.39. The standard InChI is InChI=1S/C19H18N2O2S/c1-12(22)13-4-6-14(7-5-13)19(23)21-17-11-15(8-9-16(17)20)18-3-2-10-24-18/h2-12,22H,20H2,1H3,(H,21,23). The van der Waals surface area contributed by atoms with Crippen molar-refractivity contribution in [3.8, 4) is 10.4 Å². The van der Waals surface area contributed by atoms with Crippen molar-refractivity contribution >= 4 is 28.6 Å². The highest BCUT2D eigenvalue weighted by molar-refractivity contribution is 7.13. The van der Waals surface area contributed by atoms with E-state index in [4.69, 9.17) is 5.73 Å².